The van der Waals surface area contributed by atoms with Crippen molar-refractivity contribution in [2.24, 2.45) is 0 Å². The van der Waals surface area contributed by atoms with Crippen LogP contribution in [0.15, 0.2) is 24.3 Å². The third-order valence-electron chi connectivity index (χ3n) is 13.0. The van der Waals surface area contributed by atoms with Crippen molar-refractivity contribution in [3.05, 3.63) is 46.5 Å². The molecule has 1 heterocycles. The summed E-state index contributed by atoms with van der Waals surface area (Å²) in [6.07, 6.45) is 8.32. The van der Waals surface area contributed by atoms with Gasteiger partial charge in [-0.05, 0) is 0 Å². The molecule has 276 valence electrons. The molecule has 0 amide bonds. The summed E-state index contributed by atoms with van der Waals surface area (Å²) >= 11 is -0.796. The second-order valence-corrected chi connectivity index (χ2v) is 43.6. The molecule has 1 saturated carbocycles. The first-order chi connectivity index (χ1) is 23.0. The van der Waals surface area contributed by atoms with Crippen LogP contribution in [0.1, 0.15) is 144 Å². The molecule has 2 N–H and O–H groups in total. The molecule has 2 aliphatic rings. The first kappa shape index (κ1) is 41.8. The van der Waals surface area contributed by atoms with E-state index in [1.165, 1.54) is 107 Å². The van der Waals surface area contributed by atoms with Gasteiger partial charge >= 0.3 is 319 Å². The van der Waals surface area contributed by atoms with E-state index in [1.807, 2.05) is 0 Å². The second-order valence-electron chi connectivity index (χ2n) is 17.5. The van der Waals surface area contributed by atoms with E-state index in [1.54, 1.807) is 0 Å². The van der Waals surface area contributed by atoms with Crippen molar-refractivity contribution < 1.29 is 29.4 Å². The van der Waals surface area contributed by atoms with E-state index in [0.717, 1.165) is 22.0 Å². The summed E-state index contributed by atoms with van der Waals surface area (Å²) in [5.74, 6) is 3.59. The Morgan fingerprint density at radius 3 is 1.18 bits per heavy atom. The van der Waals surface area contributed by atoms with Gasteiger partial charge in [0.15, 0.2) is 0 Å². The molecule has 2 aromatic rings. The fourth-order valence-corrected chi connectivity index (χ4v) is 45.3. The monoisotopic (exact) mass is 818 g/mol. The Kier molecular flexibility index (Phi) is 14.5. The first-order valence-corrected chi connectivity index (χ1v) is 34.1. The van der Waals surface area contributed by atoms with Gasteiger partial charge in [-0.1, -0.05) is 0 Å². The summed E-state index contributed by atoms with van der Waals surface area (Å²) in [7, 11) is -2.72. The van der Waals surface area contributed by atoms with Crippen molar-refractivity contribution in [1.29, 1.82) is 0 Å². The number of hydrogen-bond donors (Lipinski definition) is 2. The topological polar surface area (TPSA) is 40.5 Å². The molecule has 2 nitrogen and oxygen atoms in total. The van der Waals surface area contributed by atoms with Gasteiger partial charge in [-0.3, -0.25) is 0 Å². The third kappa shape index (κ3) is 8.89. The Morgan fingerprint density at radius 1 is 0.571 bits per heavy atom. The van der Waals surface area contributed by atoms with Gasteiger partial charge in [0.05, 0.1) is 0 Å². The van der Waals surface area contributed by atoms with Crippen LogP contribution in [0.4, 0.5) is 0 Å². The van der Waals surface area contributed by atoms with Crippen LogP contribution in [0, 0.1) is 0 Å². The summed E-state index contributed by atoms with van der Waals surface area (Å²) in [5, 5.41) is 28.8. The molecule has 4 rings (SSSR count). The average Bonchev–Trinajstić information content (AvgIpc) is 3.34. The number of benzene rings is 2. The zero-order valence-electron chi connectivity index (χ0n) is 33.6. The molecule has 1 aliphatic carbocycles. The maximum atomic E-state index is 12.2. The molecule has 0 spiro atoms. The van der Waals surface area contributed by atoms with Crippen molar-refractivity contribution in [2.75, 3.05) is 0 Å². The van der Waals surface area contributed by atoms with Gasteiger partial charge in [0, 0.05) is 0 Å². The number of rotatable bonds is 12. The second kappa shape index (κ2) is 17.0. The van der Waals surface area contributed by atoms with Crippen molar-refractivity contribution in [1.82, 2.24) is 0 Å². The Balaban J connectivity index is 1.91. The standard InChI is InChI=1S/C42H72O2S2Si2.Zr/c1-13-47(14-2,15-3)37-27-33(41(7,8)9)25-31(39(37)43)29-45-35-23-21-19-20-22-24-36(35)46-30-32-26-34(42(10,11)12)28-38(40(32)44)48(16-4,17-5)18-6;/h25-28,35-36,43-44H,13-24,29-30H2,1-12H3;/t35-,36?;/m0./s1. The van der Waals surface area contributed by atoms with Gasteiger partial charge in [-0.25, -0.2) is 0 Å². The van der Waals surface area contributed by atoms with Gasteiger partial charge in [-0.15, -0.1) is 0 Å². The first-order valence-electron chi connectivity index (χ1n) is 19.9. The van der Waals surface area contributed by atoms with Crippen LogP contribution < -0.4 is 10.4 Å². The van der Waals surface area contributed by atoms with E-state index in [4.69, 9.17) is 0 Å². The molecule has 4 atom stereocenters. The van der Waals surface area contributed by atoms with E-state index in [2.05, 4.69) is 107 Å². The van der Waals surface area contributed by atoms with E-state index in [0.29, 0.717) is 25.7 Å². The zero-order chi connectivity index (χ0) is 36.4. The molecule has 2 aromatic carbocycles. The summed E-state index contributed by atoms with van der Waals surface area (Å²) in [6.45, 7) is 28.4. The molecule has 7 heteroatoms. The number of phenolic OH excluding ortho intramolecular Hbond substituents is 2. The molecule has 0 bridgehead atoms. The van der Waals surface area contributed by atoms with Crippen LogP contribution in [-0.2, 0) is 41.5 Å². The fraction of sp³-hybridized carbons (Fsp3) is 0.714. The normalized spacial score (nSPS) is 22.2. The van der Waals surface area contributed by atoms with Crippen LogP contribution in [0.3, 0.4) is 0 Å². The van der Waals surface area contributed by atoms with Crippen LogP contribution in [0.5, 0.6) is 11.5 Å². The minimum atomic E-state index is -1.76. The van der Waals surface area contributed by atoms with Gasteiger partial charge < -0.3 is 0 Å². The van der Waals surface area contributed by atoms with Gasteiger partial charge in [0.2, 0.25) is 0 Å². The van der Waals surface area contributed by atoms with E-state index < -0.39 is 35.3 Å². The molecule has 1 aliphatic heterocycles. The van der Waals surface area contributed by atoms with Crippen molar-refractivity contribution in [3.8, 4) is 11.5 Å². The predicted molar refractivity (Wildman–Crippen MR) is 225 cm³/mol. The Labute approximate surface area is 316 Å². The Hall–Kier alpha value is 0.0569. The van der Waals surface area contributed by atoms with Gasteiger partial charge in [0.1, 0.15) is 0 Å². The van der Waals surface area contributed by atoms with E-state index in [9.17, 15) is 10.2 Å². The van der Waals surface area contributed by atoms with Crippen LogP contribution in [-0.4, -0.2) is 36.9 Å². The minimum absolute atomic E-state index is 0.0692. The molecule has 1 fully saturated rings. The average molecular weight is 821 g/mol. The van der Waals surface area contributed by atoms with Crippen LogP contribution in [0.2, 0.25) is 36.3 Å². The number of phenols is 2. The Bertz CT molecular complexity index is 1410. The molecule has 3 unspecified atom stereocenters. The van der Waals surface area contributed by atoms with E-state index >= 15 is 0 Å². The summed E-state index contributed by atoms with van der Waals surface area (Å²) < 4.78 is 0. The number of hydrogen-bond acceptors (Lipinski definition) is 2. The molecule has 0 radical (unpaired) electrons. The fourth-order valence-electron chi connectivity index (χ4n) is 8.86. The maximum absolute atomic E-state index is 12.2. The Morgan fingerprint density at radius 2 is 0.898 bits per heavy atom. The summed E-state index contributed by atoms with van der Waals surface area (Å²) in [4.78, 5) is 0. The van der Waals surface area contributed by atoms with Gasteiger partial charge in [0.25, 0.3) is 0 Å². The molecule has 0 aromatic heterocycles. The molecular formula is C42H72O2S2Si2Zr. The van der Waals surface area contributed by atoms with Crippen molar-refractivity contribution >= 4 is 40.8 Å². The molecule has 0 saturated heterocycles. The van der Waals surface area contributed by atoms with Gasteiger partial charge in [-0.2, -0.15) is 0 Å². The molecular weight excluding hydrogens is 748 g/mol. The SMILES string of the molecule is CC[Si](CC)(CC)c1cc(C(C)(C)C)cc(C[S]2=[Zr]=[S](Cc3cc(C(C)(C)C)cc([Si](CC)(CC)CC)c3O)[C@H]3CCCCCCC32)c1O. The van der Waals surface area contributed by atoms with Crippen LogP contribution >= 0.6 is 14.2 Å². The number of fused-ring (bicyclic) bond motifs is 1. The summed E-state index contributed by atoms with van der Waals surface area (Å²) in [5.41, 5.74) is 5.57. The van der Waals surface area contributed by atoms with Crippen molar-refractivity contribution in [2.45, 2.75) is 191 Å². The van der Waals surface area contributed by atoms with E-state index in [-0.39, 0.29) is 10.8 Å². The third-order valence-corrected chi connectivity index (χ3v) is 46.0. The zero-order valence-corrected chi connectivity index (χ0v) is 39.7. The van der Waals surface area contributed by atoms with Crippen LogP contribution in [0.25, 0.3) is 0 Å². The quantitative estimate of drug-likeness (QED) is 0.209. The number of aromatic hydroxyl groups is 2. The predicted octanol–water partition coefficient (Wildman–Crippen LogP) is 12.4. The van der Waals surface area contributed by atoms with Crippen molar-refractivity contribution in [3.63, 3.8) is 0 Å². The molecule has 49 heavy (non-hydrogen) atoms. The summed E-state index contributed by atoms with van der Waals surface area (Å²) in [6, 6.07) is 17.0.